The van der Waals surface area contributed by atoms with E-state index in [9.17, 15) is 0 Å². The smallest absolute Gasteiger partial charge is 0.147 e. The van der Waals surface area contributed by atoms with E-state index in [0.717, 1.165) is 35.3 Å². The summed E-state index contributed by atoms with van der Waals surface area (Å²) in [6, 6.07) is 0. The minimum atomic E-state index is 0.968. The predicted octanol–water partition coefficient (Wildman–Crippen LogP) is 4.87. The molecule has 1 nitrogen and oxygen atoms in total. The molecule has 0 aliphatic heterocycles. The van der Waals surface area contributed by atoms with Crippen molar-refractivity contribution in [2.75, 3.05) is 24.6 Å². The quantitative estimate of drug-likeness (QED) is 0.265. The monoisotopic (exact) mass is 311 g/mol. The summed E-state index contributed by atoms with van der Waals surface area (Å²) in [4.78, 5) is 2.38. The molecule has 0 bridgehead atoms. The molecule has 0 aromatic rings. The summed E-state index contributed by atoms with van der Waals surface area (Å²) in [6.45, 7) is 6.70. The Labute approximate surface area is 126 Å². The molecule has 0 radical (unpaired) electrons. The molecule has 0 saturated carbocycles. The Balaban J connectivity index is 3.85. The Morgan fingerprint density at radius 2 is 1.71 bits per heavy atom. The van der Waals surface area contributed by atoms with Crippen molar-refractivity contribution in [1.82, 2.24) is 4.90 Å². The number of nitrogens with zero attached hydrogens (tertiary/aromatic N) is 1. The van der Waals surface area contributed by atoms with Crippen molar-refractivity contribution in [3.8, 4) is 0 Å². The fourth-order valence-electron chi connectivity index (χ4n) is 1.26. The molecule has 0 rings (SSSR count). The van der Waals surface area contributed by atoms with Gasteiger partial charge in [0.15, 0.2) is 0 Å². The molecular weight excluding hydrogens is 286 g/mol. The van der Waals surface area contributed by atoms with Crippen LogP contribution < -0.4 is 0 Å². The minimum absolute atomic E-state index is 0.968. The van der Waals surface area contributed by atoms with E-state index >= 15 is 0 Å². The first-order chi connectivity index (χ1) is 8.26. The molecule has 0 N–H and O–H groups in total. The van der Waals surface area contributed by atoms with Crippen LogP contribution in [0.1, 0.15) is 46.0 Å². The van der Waals surface area contributed by atoms with E-state index in [-0.39, 0.29) is 0 Å². The zero-order valence-electron chi connectivity index (χ0n) is 11.0. The van der Waals surface area contributed by atoms with Crippen LogP contribution in [0.3, 0.4) is 0 Å². The summed E-state index contributed by atoms with van der Waals surface area (Å²) in [5.74, 6) is 2.11. The predicted molar refractivity (Wildman–Crippen MR) is 92.5 cm³/mol. The number of hydrogen-bond acceptors (Lipinski definition) is 4. The molecule has 0 heterocycles. The van der Waals surface area contributed by atoms with Crippen molar-refractivity contribution in [3.63, 3.8) is 0 Å². The number of thiocarbonyl (C=S) groups is 1. The van der Waals surface area contributed by atoms with E-state index in [2.05, 4.69) is 31.4 Å². The van der Waals surface area contributed by atoms with Crippen LogP contribution in [-0.2, 0) is 0 Å². The highest BCUT2D eigenvalue weighted by atomic mass is 33.1. The maximum atomic E-state index is 5.50. The summed E-state index contributed by atoms with van der Waals surface area (Å²) >= 11 is 9.71. The van der Waals surface area contributed by atoms with E-state index in [1.165, 1.54) is 25.7 Å². The number of hydrogen-bond donors (Lipinski definition) is 1. The van der Waals surface area contributed by atoms with Gasteiger partial charge in [0, 0.05) is 18.8 Å². The Kier molecular flexibility index (Phi) is 14.1. The molecule has 0 aromatic carbocycles. The van der Waals surface area contributed by atoms with Crippen molar-refractivity contribution < 1.29 is 0 Å². The van der Waals surface area contributed by atoms with Crippen molar-refractivity contribution >= 4 is 50.8 Å². The standard InChI is InChI=1S/C12H25NS4/c1-3-5-8-13(9-6-4-2)12(15)17-16-11-7-10-14/h14H,3-11H2,1-2H3. The van der Waals surface area contributed by atoms with E-state index < -0.39 is 0 Å². The van der Waals surface area contributed by atoms with Gasteiger partial charge in [0.05, 0.1) is 0 Å². The van der Waals surface area contributed by atoms with Gasteiger partial charge in [0.2, 0.25) is 0 Å². The van der Waals surface area contributed by atoms with Crippen LogP contribution >= 0.6 is 46.4 Å². The zero-order valence-corrected chi connectivity index (χ0v) is 14.3. The van der Waals surface area contributed by atoms with Crippen LogP contribution in [0.15, 0.2) is 0 Å². The molecule has 0 fully saturated rings. The summed E-state index contributed by atoms with van der Waals surface area (Å²) in [6.07, 6.45) is 6.12. The molecule has 17 heavy (non-hydrogen) atoms. The summed E-state index contributed by atoms with van der Waals surface area (Å²) in [7, 11) is 3.63. The van der Waals surface area contributed by atoms with E-state index in [1.807, 2.05) is 10.8 Å². The Hall–Kier alpha value is 0.940. The SMILES string of the molecule is CCCCN(CCCC)C(=S)SSCCCS. The van der Waals surface area contributed by atoms with Gasteiger partial charge in [-0.3, -0.25) is 0 Å². The number of rotatable bonds is 10. The molecule has 102 valence electrons. The largest absolute Gasteiger partial charge is 0.357 e. The normalized spacial score (nSPS) is 10.5. The van der Waals surface area contributed by atoms with Crippen LogP contribution in [0.25, 0.3) is 0 Å². The van der Waals surface area contributed by atoms with Gasteiger partial charge < -0.3 is 4.90 Å². The lowest BCUT2D eigenvalue weighted by Gasteiger charge is -2.24. The highest BCUT2D eigenvalue weighted by Crippen LogP contribution is 2.26. The molecule has 0 aromatic heterocycles. The lowest BCUT2D eigenvalue weighted by molar-refractivity contribution is 0.411. The van der Waals surface area contributed by atoms with Gasteiger partial charge in [-0.25, -0.2) is 0 Å². The average molecular weight is 312 g/mol. The van der Waals surface area contributed by atoms with Crippen LogP contribution in [0.5, 0.6) is 0 Å². The first kappa shape index (κ1) is 17.9. The van der Waals surface area contributed by atoms with Crippen LogP contribution in [-0.4, -0.2) is 33.8 Å². The fraction of sp³-hybridized carbons (Fsp3) is 0.917. The third kappa shape index (κ3) is 10.5. The van der Waals surface area contributed by atoms with Gasteiger partial charge >= 0.3 is 0 Å². The fourth-order valence-corrected chi connectivity index (χ4v) is 4.20. The third-order valence-corrected chi connectivity index (χ3v) is 5.78. The minimum Gasteiger partial charge on any atom is -0.357 e. The Morgan fingerprint density at radius 1 is 1.12 bits per heavy atom. The summed E-state index contributed by atoms with van der Waals surface area (Å²) in [5.41, 5.74) is 0. The molecule has 0 aliphatic rings. The Morgan fingerprint density at radius 3 is 2.18 bits per heavy atom. The number of unbranched alkanes of at least 4 members (excludes halogenated alkanes) is 2. The van der Waals surface area contributed by atoms with Crippen LogP contribution in [0.2, 0.25) is 0 Å². The first-order valence-electron chi connectivity index (χ1n) is 6.45. The molecule has 0 atom stereocenters. The van der Waals surface area contributed by atoms with Gasteiger partial charge in [-0.05, 0) is 35.8 Å². The van der Waals surface area contributed by atoms with Crippen molar-refractivity contribution in [1.29, 1.82) is 0 Å². The van der Waals surface area contributed by atoms with Crippen LogP contribution in [0, 0.1) is 0 Å². The highest BCUT2D eigenvalue weighted by molar-refractivity contribution is 8.83. The maximum absolute atomic E-state index is 5.50. The molecule has 5 heteroatoms. The highest BCUT2D eigenvalue weighted by Gasteiger charge is 2.09. The maximum Gasteiger partial charge on any atom is 0.147 e. The van der Waals surface area contributed by atoms with Crippen molar-refractivity contribution in [2.24, 2.45) is 0 Å². The molecule has 0 unspecified atom stereocenters. The van der Waals surface area contributed by atoms with E-state index in [1.54, 1.807) is 10.8 Å². The second-order valence-electron chi connectivity index (χ2n) is 3.94. The van der Waals surface area contributed by atoms with E-state index in [0.29, 0.717) is 0 Å². The second-order valence-corrected chi connectivity index (χ2v) is 7.44. The van der Waals surface area contributed by atoms with Gasteiger partial charge in [-0.15, -0.1) is 0 Å². The molecule has 0 saturated heterocycles. The van der Waals surface area contributed by atoms with Gasteiger partial charge in [0.1, 0.15) is 4.32 Å². The van der Waals surface area contributed by atoms with Gasteiger partial charge in [0.25, 0.3) is 0 Å². The summed E-state index contributed by atoms with van der Waals surface area (Å²) in [5, 5.41) is 0. The molecule has 0 spiro atoms. The molecule has 0 aliphatic carbocycles. The zero-order chi connectivity index (χ0) is 12.9. The van der Waals surface area contributed by atoms with Crippen molar-refractivity contribution in [2.45, 2.75) is 46.0 Å². The lowest BCUT2D eigenvalue weighted by Crippen LogP contribution is -2.29. The summed E-state index contributed by atoms with van der Waals surface area (Å²) < 4.78 is 1.07. The van der Waals surface area contributed by atoms with Crippen molar-refractivity contribution in [3.05, 3.63) is 0 Å². The molecule has 0 amide bonds. The van der Waals surface area contributed by atoms with Gasteiger partial charge in [-0.2, -0.15) is 12.6 Å². The Bertz CT molecular complexity index is 179. The molecular formula is C12H25NS4. The van der Waals surface area contributed by atoms with Crippen LogP contribution in [0.4, 0.5) is 0 Å². The first-order valence-corrected chi connectivity index (χ1v) is 9.81. The second kappa shape index (κ2) is 13.4. The lowest BCUT2D eigenvalue weighted by atomic mass is 10.3. The van der Waals surface area contributed by atoms with Gasteiger partial charge in [-0.1, -0.05) is 49.7 Å². The third-order valence-electron chi connectivity index (χ3n) is 2.34. The average Bonchev–Trinajstić information content (AvgIpc) is 2.34. The topological polar surface area (TPSA) is 3.24 Å². The number of thiol groups is 1. The van der Waals surface area contributed by atoms with E-state index in [4.69, 9.17) is 12.2 Å².